The van der Waals surface area contributed by atoms with Gasteiger partial charge in [0.1, 0.15) is 18.3 Å². The topological polar surface area (TPSA) is 78.3 Å². The van der Waals surface area contributed by atoms with Crippen LogP contribution in [-0.2, 0) is 24.2 Å². The second kappa shape index (κ2) is 6.14. The predicted octanol–water partition coefficient (Wildman–Crippen LogP) is 1.11. The van der Waals surface area contributed by atoms with Crippen LogP contribution in [0.2, 0.25) is 0 Å². The molecule has 3 heterocycles. The number of carbonyl (C=O) groups is 1. The number of aryl methyl sites for hydroxylation is 2. The highest BCUT2D eigenvalue weighted by molar-refractivity contribution is 5.82. The molecule has 1 amide bonds. The first kappa shape index (κ1) is 15.0. The third-order valence-electron chi connectivity index (χ3n) is 4.49. The molecule has 1 N–H and O–H groups in total. The summed E-state index contributed by atoms with van der Waals surface area (Å²) in [4.78, 5) is 12.5. The Hall–Kier alpha value is -2.57. The molecule has 0 radical (unpaired) electrons. The van der Waals surface area contributed by atoms with Gasteiger partial charge in [0.15, 0.2) is 11.5 Å². The van der Waals surface area contributed by atoms with Crippen molar-refractivity contribution in [2.45, 2.75) is 44.9 Å². The monoisotopic (exact) mass is 328 g/mol. The number of nitrogens with zero attached hydrogens (tertiary/aromatic N) is 3. The van der Waals surface area contributed by atoms with Crippen LogP contribution in [0.25, 0.3) is 0 Å². The summed E-state index contributed by atoms with van der Waals surface area (Å²) in [5.41, 5.74) is 0. The van der Waals surface area contributed by atoms with Crippen LogP contribution in [0.4, 0.5) is 0 Å². The van der Waals surface area contributed by atoms with E-state index in [1.165, 1.54) is 0 Å². The maximum Gasteiger partial charge on any atom is 0.264 e. The molecule has 1 aromatic carbocycles. The van der Waals surface area contributed by atoms with Gasteiger partial charge in [-0.05, 0) is 18.6 Å². The molecule has 0 saturated carbocycles. The third kappa shape index (κ3) is 2.70. The number of benzene rings is 1. The summed E-state index contributed by atoms with van der Waals surface area (Å²) in [6.45, 7) is 3.00. The van der Waals surface area contributed by atoms with Gasteiger partial charge in [-0.15, -0.1) is 10.2 Å². The van der Waals surface area contributed by atoms with Gasteiger partial charge in [-0.3, -0.25) is 4.79 Å². The van der Waals surface area contributed by atoms with E-state index < -0.39 is 6.10 Å². The molecule has 0 aliphatic carbocycles. The van der Waals surface area contributed by atoms with Crippen LogP contribution < -0.4 is 14.8 Å². The number of carbonyl (C=O) groups excluding carboxylic acids is 1. The fraction of sp³-hybridized carbons (Fsp3) is 0.471. The molecular weight excluding hydrogens is 308 g/mol. The van der Waals surface area contributed by atoms with Crippen molar-refractivity contribution in [3.8, 4) is 11.5 Å². The highest BCUT2D eigenvalue weighted by Crippen LogP contribution is 2.31. The lowest BCUT2D eigenvalue weighted by molar-refractivity contribution is -0.131. The molecule has 24 heavy (non-hydrogen) atoms. The Balaban J connectivity index is 1.41. The van der Waals surface area contributed by atoms with Crippen LogP contribution in [-0.4, -0.2) is 39.4 Å². The van der Waals surface area contributed by atoms with Crippen molar-refractivity contribution >= 4 is 5.91 Å². The molecule has 126 valence electrons. The van der Waals surface area contributed by atoms with Crippen LogP contribution in [0.5, 0.6) is 11.5 Å². The summed E-state index contributed by atoms with van der Waals surface area (Å²) in [5.74, 6) is 3.13. The lowest BCUT2D eigenvalue weighted by Gasteiger charge is -2.29. The molecule has 1 aromatic heterocycles. The fourth-order valence-electron chi connectivity index (χ4n) is 3.21. The van der Waals surface area contributed by atoms with Gasteiger partial charge < -0.3 is 19.4 Å². The molecule has 0 bridgehead atoms. The van der Waals surface area contributed by atoms with Crippen molar-refractivity contribution in [1.29, 1.82) is 0 Å². The quantitative estimate of drug-likeness (QED) is 0.913. The van der Waals surface area contributed by atoms with E-state index in [9.17, 15) is 4.79 Å². The van der Waals surface area contributed by atoms with Gasteiger partial charge in [-0.2, -0.15) is 0 Å². The summed E-state index contributed by atoms with van der Waals surface area (Å²) in [6.07, 6.45) is 1.90. The number of hydrogen-bond donors (Lipinski definition) is 1. The minimum atomic E-state index is -0.618. The van der Waals surface area contributed by atoms with Gasteiger partial charge in [0.25, 0.3) is 5.91 Å². The van der Waals surface area contributed by atoms with E-state index in [1.54, 1.807) is 0 Å². The first-order chi connectivity index (χ1) is 11.7. The smallest absolute Gasteiger partial charge is 0.264 e. The SMILES string of the molecule is CCc1nnc2n1CC(NC(=O)C1COc3ccccc3O1)CC2. The zero-order valence-corrected chi connectivity index (χ0v) is 13.6. The summed E-state index contributed by atoms with van der Waals surface area (Å²) in [6, 6.07) is 7.46. The average molecular weight is 328 g/mol. The fourth-order valence-corrected chi connectivity index (χ4v) is 3.21. The number of ether oxygens (including phenoxy) is 2. The van der Waals surface area contributed by atoms with E-state index in [1.807, 2.05) is 24.3 Å². The van der Waals surface area contributed by atoms with Crippen molar-refractivity contribution in [1.82, 2.24) is 20.1 Å². The number of rotatable bonds is 3. The Morgan fingerprint density at radius 2 is 2.17 bits per heavy atom. The van der Waals surface area contributed by atoms with Gasteiger partial charge in [-0.1, -0.05) is 19.1 Å². The molecule has 2 aliphatic rings. The van der Waals surface area contributed by atoms with Crippen molar-refractivity contribution in [3.05, 3.63) is 35.9 Å². The van der Waals surface area contributed by atoms with Gasteiger partial charge in [-0.25, -0.2) is 0 Å². The number of para-hydroxylation sites is 2. The van der Waals surface area contributed by atoms with Crippen molar-refractivity contribution in [2.75, 3.05) is 6.61 Å². The van der Waals surface area contributed by atoms with E-state index in [-0.39, 0.29) is 18.6 Å². The molecule has 7 heteroatoms. The highest BCUT2D eigenvalue weighted by Gasteiger charge is 2.30. The lowest BCUT2D eigenvalue weighted by Crippen LogP contribution is -2.50. The summed E-state index contributed by atoms with van der Waals surface area (Å²) < 4.78 is 13.5. The Morgan fingerprint density at radius 1 is 1.33 bits per heavy atom. The van der Waals surface area contributed by atoms with E-state index in [4.69, 9.17) is 9.47 Å². The van der Waals surface area contributed by atoms with Crippen molar-refractivity contribution < 1.29 is 14.3 Å². The first-order valence-electron chi connectivity index (χ1n) is 8.34. The van der Waals surface area contributed by atoms with Crippen LogP contribution in [0.3, 0.4) is 0 Å². The van der Waals surface area contributed by atoms with Gasteiger partial charge >= 0.3 is 0 Å². The van der Waals surface area contributed by atoms with Gasteiger partial charge in [0.05, 0.1) is 0 Å². The Labute approximate surface area is 140 Å². The number of aromatic nitrogens is 3. The maximum atomic E-state index is 12.5. The number of amides is 1. The number of nitrogens with one attached hydrogen (secondary N) is 1. The second-order valence-electron chi connectivity index (χ2n) is 6.11. The molecule has 0 fully saturated rings. The van der Waals surface area contributed by atoms with E-state index in [0.717, 1.165) is 30.9 Å². The number of hydrogen-bond acceptors (Lipinski definition) is 5. The third-order valence-corrected chi connectivity index (χ3v) is 4.49. The summed E-state index contributed by atoms with van der Waals surface area (Å²) in [7, 11) is 0. The first-order valence-corrected chi connectivity index (χ1v) is 8.34. The molecule has 0 spiro atoms. The standard InChI is InChI=1S/C17H20N4O3/c1-2-15-19-20-16-8-7-11(9-21(15)16)18-17(22)14-10-23-12-5-3-4-6-13(12)24-14/h3-6,11,14H,2,7-10H2,1H3,(H,18,22). The second-order valence-corrected chi connectivity index (χ2v) is 6.11. The lowest BCUT2D eigenvalue weighted by atomic mass is 10.1. The Bertz CT molecular complexity index is 745. The molecule has 2 atom stereocenters. The normalized spacial score (nSPS) is 21.9. The average Bonchev–Trinajstić information content (AvgIpc) is 3.03. The summed E-state index contributed by atoms with van der Waals surface area (Å²) >= 11 is 0. The van der Waals surface area contributed by atoms with E-state index in [0.29, 0.717) is 18.0 Å². The van der Waals surface area contributed by atoms with E-state index >= 15 is 0 Å². The largest absolute Gasteiger partial charge is 0.485 e. The minimum absolute atomic E-state index is 0.0621. The van der Waals surface area contributed by atoms with E-state index in [2.05, 4.69) is 27.0 Å². The molecule has 7 nitrogen and oxygen atoms in total. The number of fused-ring (bicyclic) bond motifs is 2. The van der Waals surface area contributed by atoms with Crippen LogP contribution in [0, 0.1) is 0 Å². The van der Waals surface area contributed by atoms with Crippen molar-refractivity contribution in [3.63, 3.8) is 0 Å². The molecule has 2 aromatic rings. The maximum absolute atomic E-state index is 12.5. The Morgan fingerprint density at radius 3 is 3.00 bits per heavy atom. The predicted molar refractivity (Wildman–Crippen MR) is 86.0 cm³/mol. The molecule has 4 rings (SSSR count). The zero-order chi connectivity index (χ0) is 16.5. The van der Waals surface area contributed by atoms with Crippen LogP contribution in [0.15, 0.2) is 24.3 Å². The summed E-state index contributed by atoms with van der Waals surface area (Å²) in [5, 5.41) is 11.5. The van der Waals surface area contributed by atoms with Gasteiger partial charge in [0.2, 0.25) is 6.10 Å². The van der Waals surface area contributed by atoms with Crippen LogP contribution >= 0.6 is 0 Å². The Kier molecular flexibility index (Phi) is 3.84. The molecular formula is C17H20N4O3. The van der Waals surface area contributed by atoms with Crippen LogP contribution in [0.1, 0.15) is 25.0 Å². The minimum Gasteiger partial charge on any atom is -0.485 e. The molecule has 0 saturated heterocycles. The zero-order valence-electron chi connectivity index (χ0n) is 13.6. The van der Waals surface area contributed by atoms with Crippen molar-refractivity contribution in [2.24, 2.45) is 0 Å². The van der Waals surface area contributed by atoms with Gasteiger partial charge in [0, 0.05) is 25.4 Å². The molecule has 2 aliphatic heterocycles. The molecule has 2 unspecified atom stereocenters. The highest BCUT2D eigenvalue weighted by atomic mass is 16.6.